The van der Waals surface area contributed by atoms with Crippen molar-refractivity contribution in [2.45, 2.75) is 26.7 Å². The number of nitrogens with one attached hydrogen (secondary N) is 2. The maximum Gasteiger partial charge on any atom is 0.303 e. The molecule has 1 aromatic heterocycles. The van der Waals surface area contributed by atoms with E-state index in [2.05, 4.69) is 10.6 Å². The highest BCUT2D eigenvalue weighted by Gasteiger charge is 2.11. The molecule has 1 heterocycles. The summed E-state index contributed by atoms with van der Waals surface area (Å²) in [5.74, 6) is -1.30. The van der Waals surface area contributed by atoms with E-state index in [9.17, 15) is 14.4 Å². The topological polar surface area (TPSA) is 95.5 Å². The number of rotatable bonds is 8. The molecule has 2 amide bonds. The zero-order valence-electron chi connectivity index (χ0n) is 12.1. The highest BCUT2D eigenvalue weighted by molar-refractivity contribution is 7.13. The van der Waals surface area contributed by atoms with Crippen LogP contribution in [-0.4, -0.2) is 36.0 Å². The quantitative estimate of drug-likeness (QED) is 0.676. The molecule has 3 N–H and O–H groups in total. The average Bonchev–Trinajstić information content (AvgIpc) is 2.86. The molecule has 1 rings (SSSR count). The minimum Gasteiger partial charge on any atom is -0.481 e. The standard InChI is InChI=1S/C14H20N2O4S/c1-9(3-6-13(18)19)7-15-12(17)8-16-14(20)11-5-4-10(2)21-11/h4-5,9H,3,6-8H2,1-2H3,(H,15,17)(H,16,20)(H,18,19). The van der Waals surface area contributed by atoms with Crippen molar-refractivity contribution in [1.82, 2.24) is 10.6 Å². The lowest BCUT2D eigenvalue weighted by Gasteiger charge is -2.11. The lowest BCUT2D eigenvalue weighted by molar-refractivity contribution is -0.137. The third-order valence-electron chi connectivity index (χ3n) is 2.87. The number of aryl methyl sites for hydroxylation is 1. The second-order valence-electron chi connectivity index (χ2n) is 4.93. The summed E-state index contributed by atoms with van der Waals surface area (Å²) in [5.41, 5.74) is 0. The average molecular weight is 312 g/mol. The molecule has 21 heavy (non-hydrogen) atoms. The van der Waals surface area contributed by atoms with Gasteiger partial charge in [0.25, 0.3) is 5.91 Å². The molecule has 1 atom stereocenters. The Balaban J connectivity index is 2.22. The molecule has 1 unspecified atom stereocenters. The summed E-state index contributed by atoms with van der Waals surface area (Å²) in [6, 6.07) is 3.57. The van der Waals surface area contributed by atoms with E-state index in [1.807, 2.05) is 19.9 Å². The molecule has 0 aliphatic rings. The maximum atomic E-state index is 11.7. The summed E-state index contributed by atoms with van der Waals surface area (Å²) in [6.07, 6.45) is 0.599. The van der Waals surface area contributed by atoms with Crippen LogP contribution in [0, 0.1) is 12.8 Å². The van der Waals surface area contributed by atoms with Gasteiger partial charge in [-0.1, -0.05) is 6.92 Å². The fraction of sp³-hybridized carbons (Fsp3) is 0.500. The van der Waals surface area contributed by atoms with Crippen LogP contribution < -0.4 is 10.6 Å². The molecule has 0 saturated heterocycles. The molecular formula is C14H20N2O4S. The number of hydrogen-bond acceptors (Lipinski definition) is 4. The van der Waals surface area contributed by atoms with Gasteiger partial charge >= 0.3 is 5.97 Å². The minimum atomic E-state index is -0.841. The fourth-order valence-corrected chi connectivity index (χ4v) is 2.41. The highest BCUT2D eigenvalue weighted by atomic mass is 32.1. The van der Waals surface area contributed by atoms with Crippen molar-refractivity contribution in [3.63, 3.8) is 0 Å². The van der Waals surface area contributed by atoms with Crippen LogP contribution in [-0.2, 0) is 9.59 Å². The van der Waals surface area contributed by atoms with Crippen molar-refractivity contribution < 1.29 is 19.5 Å². The first kappa shape index (κ1) is 17.2. The monoisotopic (exact) mass is 312 g/mol. The van der Waals surface area contributed by atoms with E-state index >= 15 is 0 Å². The lowest BCUT2D eigenvalue weighted by Crippen LogP contribution is -2.38. The Hall–Kier alpha value is -1.89. The van der Waals surface area contributed by atoms with E-state index in [4.69, 9.17) is 5.11 Å². The van der Waals surface area contributed by atoms with Crippen LogP contribution in [0.2, 0.25) is 0 Å². The van der Waals surface area contributed by atoms with Gasteiger partial charge in [-0.15, -0.1) is 11.3 Å². The molecule has 0 fully saturated rings. The van der Waals surface area contributed by atoms with Gasteiger partial charge in [0.05, 0.1) is 11.4 Å². The van der Waals surface area contributed by atoms with Gasteiger partial charge in [-0.3, -0.25) is 14.4 Å². The Labute approximate surface area is 127 Å². The third kappa shape index (κ3) is 6.89. The summed E-state index contributed by atoms with van der Waals surface area (Å²) in [7, 11) is 0. The smallest absolute Gasteiger partial charge is 0.303 e. The van der Waals surface area contributed by atoms with Crippen molar-refractivity contribution in [2.75, 3.05) is 13.1 Å². The summed E-state index contributed by atoms with van der Waals surface area (Å²) >= 11 is 1.38. The first-order valence-electron chi connectivity index (χ1n) is 6.71. The van der Waals surface area contributed by atoms with Gasteiger partial charge in [0, 0.05) is 17.8 Å². The number of carbonyl (C=O) groups excluding carboxylic acids is 2. The van der Waals surface area contributed by atoms with Gasteiger partial charge in [0.15, 0.2) is 0 Å². The van der Waals surface area contributed by atoms with Crippen LogP contribution in [0.25, 0.3) is 0 Å². The van der Waals surface area contributed by atoms with Crippen molar-refractivity contribution in [3.05, 3.63) is 21.9 Å². The Morgan fingerprint density at radius 2 is 2.00 bits per heavy atom. The molecule has 0 radical (unpaired) electrons. The number of hydrogen-bond donors (Lipinski definition) is 3. The van der Waals surface area contributed by atoms with E-state index in [1.54, 1.807) is 6.07 Å². The SMILES string of the molecule is Cc1ccc(C(=O)NCC(=O)NCC(C)CCC(=O)O)s1. The van der Waals surface area contributed by atoms with Crippen molar-refractivity contribution in [1.29, 1.82) is 0 Å². The fourth-order valence-electron chi connectivity index (χ4n) is 1.63. The predicted molar refractivity (Wildman–Crippen MR) is 80.4 cm³/mol. The molecular weight excluding hydrogens is 292 g/mol. The molecule has 0 aliphatic carbocycles. The zero-order valence-corrected chi connectivity index (χ0v) is 13.0. The first-order chi connectivity index (χ1) is 9.88. The number of aliphatic carboxylic acids is 1. The molecule has 0 spiro atoms. The molecule has 0 bridgehead atoms. The van der Waals surface area contributed by atoms with Crippen molar-refractivity contribution in [2.24, 2.45) is 5.92 Å². The number of amides is 2. The minimum absolute atomic E-state index is 0.0819. The third-order valence-corrected chi connectivity index (χ3v) is 3.87. The molecule has 0 aromatic carbocycles. The molecule has 0 saturated carbocycles. The molecule has 6 nitrogen and oxygen atoms in total. The van der Waals surface area contributed by atoms with Crippen LogP contribution in [0.15, 0.2) is 12.1 Å². The number of carboxylic acid groups (broad SMARTS) is 1. The Bertz CT molecular complexity index is 513. The number of carbonyl (C=O) groups is 3. The zero-order chi connectivity index (χ0) is 15.8. The molecule has 1 aromatic rings. The first-order valence-corrected chi connectivity index (χ1v) is 7.53. The summed E-state index contributed by atoms with van der Waals surface area (Å²) in [5, 5.41) is 13.8. The Kier molecular flexibility index (Phi) is 6.87. The normalized spacial score (nSPS) is 11.7. The van der Waals surface area contributed by atoms with Gasteiger partial charge in [-0.25, -0.2) is 0 Å². The van der Waals surface area contributed by atoms with E-state index in [-0.39, 0.29) is 30.7 Å². The Morgan fingerprint density at radius 3 is 2.57 bits per heavy atom. The van der Waals surface area contributed by atoms with Crippen LogP contribution in [0.4, 0.5) is 0 Å². The molecule has 0 aliphatic heterocycles. The van der Waals surface area contributed by atoms with Gasteiger partial charge in [-0.2, -0.15) is 0 Å². The maximum absolute atomic E-state index is 11.7. The van der Waals surface area contributed by atoms with E-state index < -0.39 is 5.97 Å². The summed E-state index contributed by atoms with van der Waals surface area (Å²) < 4.78 is 0. The summed E-state index contributed by atoms with van der Waals surface area (Å²) in [6.45, 7) is 4.10. The summed E-state index contributed by atoms with van der Waals surface area (Å²) in [4.78, 5) is 35.4. The molecule has 7 heteroatoms. The van der Waals surface area contributed by atoms with Gasteiger partial charge in [0.2, 0.25) is 5.91 Å². The number of carboxylic acids is 1. The van der Waals surface area contributed by atoms with E-state index in [0.29, 0.717) is 17.8 Å². The van der Waals surface area contributed by atoms with E-state index in [1.165, 1.54) is 11.3 Å². The number of thiophene rings is 1. The second kappa shape index (κ2) is 8.41. The van der Waals surface area contributed by atoms with Gasteiger partial charge < -0.3 is 15.7 Å². The van der Waals surface area contributed by atoms with E-state index in [0.717, 1.165) is 4.88 Å². The largest absolute Gasteiger partial charge is 0.481 e. The van der Waals surface area contributed by atoms with Gasteiger partial charge in [-0.05, 0) is 31.4 Å². The predicted octanol–water partition coefficient (Wildman–Crippen LogP) is 1.40. The van der Waals surface area contributed by atoms with Crippen LogP contribution >= 0.6 is 11.3 Å². The Morgan fingerprint density at radius 1 is 1.29 bits per heavy atom. The molecule has 116 valence electrons. The van der Waals surface area contributed by atoms with Crippen LogP contribution in [0.3, 0.4) is 0 Å². The van der Waals surface area contributed by atoms with Crippen molar-refractivity contribution in [3.8, 4) is 0 Å². The highest BCUT2D eigenvalue weighted by Crippen LogP contribution is 2.14. The second-order valence-corrected chi connectivity index (χ2v) is 6.22. The van der Waals surface area contributed by atoms with Gasteiger partial charge in [0.1, 0.15) is 0 Å². The van der Waals surface area contributed by atoms with Crippen LogP contribution in [0.5, 0.6) is 0 Å². The van der Waals surface area contributed by atoms with Crippen molar-refractivity contribution >= 4 is 29.1 Å². The lowest BCUT2D eigenvalue weighted by atomic mass is 10.1. The van der Waals surface area contributed by atoms with Crippen LogP contribution in [0.1, 0.15) is 34.3 Å².